The van der Waals surface area contributed by atoms with Crippen molar-refractivity contribution in [3.63, 3.8) is 0 Å². The Bertz CT molecular complexity index is 573. The third-order valence-corrected chi connectivity index (χ3v) is 4.45. The van der Waals surface area contributed by atoms with Crippen LogP contribution in [0.5, 0.6) is 0 Å². The molecule has 21 heavy (non-hydrogen) atoms. The summed E-state index contributed by atoms with van der Waals surface area (Å²) in [7, 11) is 2.04. The molecule has 0 bridgehead atoms. The second kappa shape index (κ2) is 7.01. The quantitative estimate of drug-likeness (QED) is 0.905. The fourth-order valence-electron chi connectivity index (χ4n) is 3.27. The monoisotopic (exact) mass is 284 g/mol. The lowest BCUT2D eigenvalue weighted by Crippen LogP contribution is -2.23. The van der Waals surface area contributed by atoms with Crippen LogP contribution in [0.3, 0.4) is 0 Å². The van der Waals surface area contributed by atoms with E-state index in [9.17, 15) is 0 Å². The maximum atomic E-state index is 5.86. The first-order valence-electron chi connectivity index (χ1n) is 8.01. The van der Waals surface area contributed by atoms with Gasteiger partial charge in [0.2, 0.25) is 0 Å². The van der Waals surface area contributed by atoms with Gasteiger partial charge in [0.05, 0.1) is 11.6 Å². The van der Waals surface area contributed by atoms with E-state index in [2.05, 4.69) is 34.6 Å². The van der Waals surface area contributed by atoms with Crippen LogP contribution in [0.2, 0.25) is 0 Å². The first kappa shape index (κ1) is 14.5. The third kappa shape index (κ3) is 3.42. The zero-order valence-electron chi connectivity index (χ0n) is 12.7. The van der Waals surface area contributed by atoms with E-state index in [4.69, 9.17) is 4.74 Å². The van der Waals surface area contributed by atoms with Gasteiger partial charge in [0.25, 0.3) is 0 Å². The molecule has 1 N–H and O–H groups in total. The Balaban J connectivity index is 1.75. The SMILES string of the molecule is CNC(CCC1CCCCO1)c1cccc2ncccc12. The van der Waals surface area contributed by atoms with Crippen LogP contribution in [0, 0.1) is 0 Å². The first-order chi connectivity index (χ1) is 10.4. The highest BCUT2D eigenvalue weighted by Crippen LogP contribution is 2.28. The second-order valence-corrected chi connectivity index (χ2v) is 5.82. The van der Waals surface area contributed by atoms with E-state index in [0.717, 1.165) is 25.0 Å². The van der Waals surface area contributed by atoms with Crippen LogP contribution >= 0.6 is 0 Å². The molecule has 3 nitrogen and oxygen atoms in total. The van der Waals surface area contributed by atoms with E-state index in [0.29, 0.717) is 12.1 Å². The molecule has 112 valence electrons. The zero-order chi connectivity index (χ0) is 14.5. The smallest absolute Gasteiger partial charge is 0.0705 e. The van der Waals surface area contributed by atoms with Gasteiger partial charge < -0.3 is 10.1 Å². The van der Waals surface area contributed by atoms with Crippen molar-refractivity contribution in [2.45, 2.75) is 44.2 Å². The minimum atomic E-state index is 0.364. The Hall–Kier alpha value is -1.45. The normalized spacial score (nSPS) is 20.5. The molecule has 2 unspecified atom stereocenters. The van der Waals surface area contributed by atoms with Crippen molar-refractivity contribution in [2.75, 3.05) is 13.7 Å². The Morgan fingerprint density at radius 3 is 3.05 bits per heavy atom. The van der Waals surface area contributed by atoms with E-state index in [-0.39, 0.29) is 0 Å². The highest BCUT2D eigenvalue weighted by molar-refractivity contribution is 5.82. The van der Waals surface area contributed by atoms with Gasteiger partial charge in [-0.2, -0.15) is 0 Å². The zero-order valence-corrected chi connectivity index (χ0v) is 12.7. The van der Waals surface area contributed by atoms with E-state index in [1.807, 2.05) is 19.3 Å². The van der Waals surface area contributed by atoms with Gasteiger partial charge in [-0.3, -0.25) is 4.98 Å². The van der Waals surface area contributed by atoms with Crippen molar-refractivity contribution in [1.29, 1.82) is 0 Å². The fourth-order valence-corrected chi connectivity index (χ4v) is 3.27. The summed E-state index contributed by atoms with van der Waals surface area (Å²) < 4.78 is 5.86. The summed E-state index contributed by atoms with van der Waals surface area (Å²) in [4.78, 5) is 4.46. The van der Waals surface area contributed by atoms with Crippen molar-refractivity contribution >= 4 is 10.9 Å². The molecule has 0 amide bonds. The summed E-state index contributed by atoms with van der Waals surface area (Å²) >= 11 is 0. The predicted molar refractivity (Wildman–Crippen MR) is 86.4 cm³/mol. The summed E-state index contributed by atoms with van der Waals surface area (Å²) in [5.41, 5.74) is 2.42. The number of pyridine rings is 1. The molecule has 1 aliphatic heterocycles. The van der Waals surface area contributed by atoms with Crippen molar-refractivity contribution in [3.05, 3.63) is 42.1 Å². The number of hydrogen-bond acceptors (Lipinski definition) is 3. The van der Waals surface area contributed by atoms with E-state index in [1.165, 1.54) is 30.2 Å². The lowest BCUT2D eigenvalue weighted by atomic mass is 9.95. The van der Waals surface area contributed by atoms with Crippen LogP contribution < -0.4 is 5.32 Å². The van der Waals surface area contributed by atoms with Crippen molar-refractivity contribution in [1.82, 2.24) is 10.3 Å². The molecular formula is C18H24N2O. The molecule has 1 saturated heterocycles. The summed E-state index contributed by atoms with van der Waals surface area (Å²) in [6, 6.07) is 10.9. The Kier molecular flexibility index (Phi) is 4.84. The second-order valence-electron chi connectivity index (χ2n) is 5.82. The number of rotatable bonds is 5. The lowest BCUT2D eigenvalue weighted by molar-refractivity contribution is 0.00868. The summed E-state index contributed by atoms with van der Waals surface area (Å²) in [5.74, 6) is 0. The van der Waals surface area contributed by atoms with Gasteiger partial charge in [-0.05, 0) is 56.8 Å². The van der Waals surface area contributed by atoms with Crippen LogP contribution in [-0.4, -0.2) is 24.7 Å². The Morgan fingerprint density at radius 1 is 1.29 bits per heavy atom. The first-order valence-corrected chi connectivity index (χ1v) is 8.01. The summed E-state index contributed by atoms with van der Waals surface area (Å²) in [5, 5.41) is 4.72. The maximum absolute atomic E-state index is 5.86. The van der Waals surface area contributed by atoms with Gasteiger partial charge in [-0.1, -0.05) is 18.2 Å². The molecule has 1 aromatic heterocycles. The molecule has 0 aliphatic carbocycles. The molecule has 3 heteroatoms. The Morgan fingerprint density at radius 2 is 2.24 bits per heavy atom. The minimum Gasteiger partial charge on any atom is -0.378 e. The van der Waals surface area contributed by atoms with E-state index < -0.39 is 0 Å². The number of aromatic nitrogens is 1. The van der Waals surface area contributed by atoms with Gasteiger partial charge in [0.1, 0.15) is 0 Å². The standard InChI is InChI=1S/C18H24N2O/c1-19-17(11-10-14-6-2-3-13-21-14)15-7-4-9-18-16(15)8-5-12-20-18/h4-5,7-9,12,14,17,19H,2-3,6,10-11,13H2,1H3. The molecule has 0 spiro atoms. The topological polar surface area (TPSA) is 34.1 Å². The largest absolute Gasteiger partial charge is 0.378 e. The highest BCUT2D eigenvalue weighted by atomic mass is 16.5. The molecule has 2 heterocycles. The van der Waals surface area contributed by atoms with Crippen molar-refractivity contribution in [2.24, 2.45) is 0 Å². The van der Waals surface area contributed by atoms with Crippen LogP contribution in [0.1, 0.15) is 43.7 Å². The lowest BCUT2D eigenvalue weighted by Gasteiger charge is -2.25. The average molecular weight is 284 g/mol. The summed E-state index contributed by atoms with van der Waals surface area (Å²) in [6.07, 6.45) is 8.29. The Labute approximate surface area is 126 Å². The van der Waals surface area contributed by atoms with Crippen molar-refractivity contribution in [3.8, 4) is 0 Å². The van der Waals surface area contributed by atoms with Crippen LogP contribution in [0.25, 0.3) is 10.9 Å². The number of nitrogens with one attached hydrogen (secondary N) is 1. The molecule has 1 fully saturated rings. The molecule has 1 aromatic carbocycles. The van der Waals surface area contributed by atoms with Gasteiger partial charge in [0, 0.05) is 24.2 Å². The van der Waals surface area contributed by atoms with E-state index in [1.54, 1.807) is 0 Å². The van der Waals surface area contributed by atoms with Gasteiger partial charge in [-0.15, -0.1) is 0 Å². The van der Waals surface area contributed by atoms with Gasteiger partial charge in [0.15, 0.2) is 0 Å². The molecule has 1 aliphatic rings. The van der Waals surface area contributed by atoms with Gasteiger partial charge >= 0.3 is 0 Å². The number of ether oxygens (including phenoxy) is 1. The molecule has 0 saturated carbocycles. The predicted octanol–water partition coefficient (Wildman–Crippen LogP) is 3.84. The number of hydrogen-bond donors (Lipinski definition) is 1. The molecule has 0 radical (unpaired) electrons. The minimum absolute atomic E-state index is 0.364. The molecular weight excluding hydrogens is 260 g/mol. The third-order valence-electron chi connectivity index (χ3n) is 4.45. The number of nitrogens with zero attached hydrogens (tertiary/aromatic N) is 1. The van der Waals surface area contributed by atoms with E-state index >= 15 is 0 Å². The fraction of sp³-hybridized carbons (Fsp3) is 0.500. The maximum Gasteiger partial charge on any atom is 0.0705 e. The highest BCUT2D eigenvalue weighted by Gasteiger charge is 2.18. The van der Waals surface area contributed by atoms with Crippen LogP contribution in [0.15, 0.2) is 36.5 Å². The van der Waals surface area contributed by atoms with Gasteiger partial charge in [-0.25, -0.2) is 0 Å². The number of benzene rings is 1. The summed E-state index contributed by atoms with van der Waals surface area (Å²) in [6.45, 7) is 0.938. The molecule has 3 rings (SSSR count). The number of fused-ring (bicyclic) bond motifs is 1. The van der Waals surface area contributed by atoms with Crippen LogP contribution in [-0.2, 0) is 4.74 Å². The molecule has 2 aromatic rings. The average Bonchev–Trinajstić information content (AvgIpc) is 2.56. The van der Waals surface area contributed by atoms with Crippen LogP contribution in [0.4, 0.5) is 0 Å². The van der Waals surface area contributed by atoms with Crippen molar-refractivity contribution < 1.29 is 4.74 Å². The molecule has 2 atom stereocenters.